The molecule has 0 saturated carbocycles. The van der Waals surface area contributed by atoms with Gasteiger partial charge in [-0.3, -0.25) is 4.68 Å². The minimum atomic E-state index is -4.62. The summed E-state index contributed by atoms with van der Waals surface area (Å²) in [5.41, 5.74) is -1.40. The van der Waals surface area contributed by atoms with Gasteiger partial charge in [0, 0.05) is 18.8 Å². The van der Waals surface area contributed by atoms with Gasteiger partial charge < -0.3 is 10.6 Å². The lowest BCUT2D eigenvalue weighted by Crippen LogP contribution is -2.38. The van der Waals surface area contributed by atoms with Crippen molar-refractivity contribution in [3.8, 4) is 0 Å². The van der Waals surface area contributed by atoms with Gasteiger partial charge in [0.1, 0.15) is 22.7 Å². The first-order valence-electron chi connectivity index (χ1n) is 9.13. The number of aromatic nitrogens is 7. The van der Waals surface area contributed by atoms with Crippen molar-refractivity contribution in [2.45, 2.75) is 37.7 Å². The maximum Gasteiger partial charge on any atom is 0.421 e. The second kappa shape index (κ2) is 7.93. The summed E-state index contributed by atoms with van der Waals surface area (Å²) in [4.78, 5) is 9.10. The lowest BCUT2D eigenvalue weighted by atomic mass is 9.49. The van der Waals surface area contributed by atoms with Crippen LogP contribution in [0.25, 0.3) is 0 Å². The number of nitrogens with one attached hydrogen (secondary N) is 2. The summed E-state index contributed by atoms with van der Waals surface area (Å²) in [7, 11) is 17.5. The largest absolute Gasteiger partial charge is 0.421 e. The van der Waals surface area contributed by atoms with Crippen molar-refractivity contribution in [1.29, 1.82) is 0 Å². The molecule has 6 radical (unpaired) electrons. The van der Waals surface area contributed by atoms with Crippen molar-refractivity contribution in [3.05, 3.63) is 35.9 Å². The summed E-state index contributed by atoms with van der Waals surface area (Å²) in [5.74, 6) is -0.361. The Morgan fingerprint density at radius 1 is 1.10 bits per heavy atom. The van der Waals surface area contributed by atoms with Crippen LogP contribution in [0.5, 0.6) is 0 Å². The predicted molar refractivity (Wildman–Crippen MR) is 110 cm³/mol. The number of hydrogen-bond donors (Lipinski definition) is 2. The average molecular weight is 425 g/mol. The third-order valence-corrected chi connectivity index (χ3v) is 4.30. The van der Waals surface area contributed by atoms with Crippen molar-refractivity contribution >= 4 is 41.1 Å². The molecule has 15 heteroatoms. The van der Waals surface area contributed by atoms with Gasteiger partial charge in [0.15, 0.2) is 0 Å². The molecule has 3 aromatic heterocycles. The molecule has 0 aliphatic carbocycles. The van der Waals surface area contributed by atoms with Crippen LogP contribution in [0.2, 0.25) is 0 Å². The van der Waals surface area contributed by atoms with Crippen LogP contribution < -0.4 is 10.6 Å². The van der Waals surface area contributed by atoms with Crippen molar-refractivity contribution in [1.82, 2.24) is 34.7 Å². The van der Waals surface area contributed by atoms with Gasteiger partial charge in [-0.1, -0.05) is 0 Å². The fourth-order valence-corrected chi connectivity index (χ4v) is 2.74. The van der Waals surface area contributed by atoms with Crippen LogP contribution in [0.3, 0.4) is 0 Å². The molecule has 156 valence electrons. The van der Waals surface area contributed by atoms with E-state index in [1.165, 1.54) is 17.2 Å². The van der Waals surface area contributed by atoms with Gasteiger partial charge >= 0.3 is 6.18 Å². The number of halogens is 3. The fourth-order valence-electron chi connectivity index (χ4n) is 2.74. The molecular formula is C16H17B3F3N9. The molecule has 0 bridgehead atoms. The maximum absolute atomic E-state index is 13.2. The molecule has 9 nitrogen and oxygen atoms in total. The van der Waals surface area contributed by atoms with Crippen molar-refractivity contribution in [2.75, 3.05) is 17.2 Å². The van der Waals surface area contributed by atoms with E-state index in [1.807, 2.05) is 0 Å². The normalized spacial score (nSPS) is 12.7. The minimum Gasteiger partial charge on any atom is -0.370 e. The molecular weight excluding hydrogens is 408 g/mol. The van der Waals surface area contributed by atoms with Crippen LogP contribution >= 0.6 is 0 Å². The van der Waals surface area contributed by atoms with Crippen LogP contribution in [0.15, 0.2) is 24.7 Å². The van der Waals surface area contributed by atoms with Crippen LogP contribution in [-0.2, 0) is 17.0 Å². The Hall–Kier alpha value is -2.99. The number of rotatable bonds is 7. The molecule has 0 unspecified atom stereocenters. The molecule has 0 atom stereocenters. The van der Waals surface area contributed by atoms with E-state index >= 15 is 0 Å². The minimum absolute atomic E-state index is 0.143. The van der Waals surface area contributed by atoms with Gasteiger partial charge in [0.25, 0.3) is 0 Å². The summed E-state index contributed by atoms with van der Waals surface area (Å²) in [5, 5.41) is 16.0. The van der Waals surface area contributed by atoms with Crippen LogP contribution in [0, 0.1) is 0 Å². The van der Waals surface area contributed by atoms with Gasteiger partial charge in [-0.05, 0) is 26.0 Å². The van der Waals surface area contributed by atoms with Crippen molar-refractivity contribution in [3.63, 3.8) is 0 Å². The number of anilines is 3. The molecule has 0 aromatic carbocycles. The quantitative estimate of drug-likeness (QED) is 0.552. The molecule has 0 aliphatic heterocycles. The van der Waals surface area contributed by atoms with E-state index < -0.39 is 22.5 Å². The zero-order chi connectivity index (χ0) is 23.0. The third-order valence-electron chi connectivity index (χ3n) is 4.30. The first-order chi connectivity index (χ1) is 14.3. The monoisotopic (exact) mass is 425 g/mol. The van der Waals surface area contributed by atoms with E-state index in [-0.39, 0.29) is 24.1 Å². The summed E-state index contributed by atoms with van der Waals surface area (Å²) < 4.78 is 40.7. The number of hydrogen-bond acceptors (Lipinski definition) is 7. The van der Waals surface area contributed by atoms with Crippen molar-refractivity contribution < 1.29 is 13.2 Å². The molecule has 0 amide bonds. The SMILES string of the molecule is [B]C([B])([B])n1nc(C(C)(C)n2nccn2)cc1Nc1ncc(C(F)(F)F)c(NCC)n1. The highest BCUT2D eigenvalue weighted by Gasteiger charge is 2.35. The Labute approximate surface area is 180 Å². The lowest BCUT2D eigenvalue weighted by Gasteiger charge is -2.25. The van der Waals surface area contributed by atoms with E-state index in [2.05, 4.69) is 35.9 Å². The Bertz CT molecular complexity index is 1040. The van der Waals surface area contributed by atoms with E-state index in [0.717, 1.165) is 4.68 Å². The van der Waals surface area contributed by atoms with E-state index in [0.29, 0.717) is 11.9 Å². The second-order valence-corrected chi connectivity index (χ2v) is 7.20. The Balaban J connectivity index is 2.03. The van der Waals surface area contributed by atoms with E-state index in [1.54, 1.807) is 26.8 Å². The van der Waals surface area contributed by atoms with E-state index in [4.69, 9.17) is 23.5 Å². The average Bonchev–Trinajstić information content (AvgIpc) is 3.31. The standard InChI is InChI=1S/C16H17B3F3N9/c1-4-23-12-9(15(20,21)22)8-24-13(28-12)27-11-7-10(29-30(11)16(17,18)19)14(2,3)31-25-5-6-26-31/h5-8H,4H2,1-3H3,(H2,23,24,27,28). The Morgan fingerprint density at radius 2 is 1.74 bits per heavy atom. The molecule has 0 aliphatic rings. The van der Waals surface area contributed by atoms with Gasteiger partial charge in [0.05, 0.1) is 41.6 Å². The molecule has 3 rings (SSSR count). The third kappa shape index (κ3) is 4.69. The summed E-state index contributed by atoms with van der Waals surface area (Å²) in [6, 6.07) is 1.55. The zero-order valence-electron chi connectivity index (χ0n) is 17.0. The molecule has 0 fully saturated rings. The predicted octanol–water partition coefficient (Wildman–Crippen LogP) is 1.32. The molecule has 0 saturated heterocycles. The summed E-state index contributed by atoms with van der Waals surface area (Å²) in [6.45, 7) is 5.47. The lowest BCUT2D eigenvalue weighted by molar-refractivity contribution is -0.137. The number of alkyl halides is 3. The second-order valence-electron chi connectivity index (χ2n) is 7.20. The van der Waals surface area contributed by atoms with Gasteiger partial charge in [-0.2, -0.15) is 38.2 Å². The first-order valence-corrected chi connectivity index (χ1v) is 9.13. The highest BCUT2D eigenvalue weighted by molar-refractivity contribution is 6.56. The molecule has 0 spiro atoms. The zero-order valence-corrected chi connectivity index (χ0v) is 17.0. The van der Waals surface area contributed by atoms with Crippen molar-refractivity contribution in [2.24, 2.45) is 0 Å². The summed E-state index contributed by atoms with van der Waals surface area (Å²) >= 11 is 0. The van der Waals surface area contributed by atoms with Crippen LogP contribution in [0.1, 0.15) is 32.0 Å². The Morgan fingerprint density at radius 3 is 2.29 bits per heavy atom. The molecule has 3 heterocycles. The molecule has 2 N–H and O–H groups in total. The molecule has 3 aromatic rings. The van der Waals surface area contributed by atoms with E-state index in [9.17, 15) is 13.2 Å². The summed E-state index contributed by atoms with van der Waals surface area (Å²) in [6.07, 6.45) is -0.926. The van der Waals surface area contributed by atoms with Crippen LogP contribution in [0.4, 0.5) is 30.8 Å². The highest BCUT2D eigenvalue weighted by Crippen LogP contribution is 2.34. The first kappa shape index (κ1) is 22.7. The van der Waals surface area contributed by atoms with Gasteiger partial charge in [-0.25, -0.2) is 4.98 Å². The fraction of sp³-hybridized carbons (Fsp3) is 0.438. The Kier molecular flexibility index (Phi) is 5.81. The highest BCUT2D eigenvalue weighted by atomic mass is 19.4. The molecule has 31 heavy (non-hydrogen) atoms. The van der Waals surface area contributed by atoms with Crippen LogP contribution in [-0.4, -0.2) is 64.8 Å². The van der Waals surface area contributed by atoms with Gasteiger partial charge in [0.2, 0.25) is 5.95 Å². The maximum atomic E-state index is 13.2. The smallest absolute Gasteiger partial charge is 0.370 e. The topological polar surface area (TPSA) is 98.4 Å². The van der Waals surface area contributed by atoms with Gasteiger partial charge in [-0.15, -0.1) is 0 Å². The number of nitrogens with zero attached hydrogens (tertiary/aromatic N) is 7.